The first-order chi connectivity index (χ1) is 12.7. The average Bonchev–Trinajstić information content (AvgIpc) is 2.89. The number of nitrogens with one attached hydrogen (secondary N) is 1. The molecule has 1 N–H and O–H groups in total. The third kappa shape index (κ3) is 4.47. The summed E-state index contributed by atoms with van der Waals surface area (Å²) < 4.78 is 40.1. The van der Waals surface area contributed by atoms with Crippen LogP contribution in [-0.2, 0) is 30.6 Å². The summed E-state index contributed by atoms with van der Waals surface area (Å²) in [6, 6.07) is 6.07. The first-order valence-corrected chi connectivity index (χ1v) is 8.50. The molecular weight excluding hydrogens is 361 g/mol. The number of hydrogen-bond donors (Lipinski definition) is 1. The van der Waals surface area contributed by atoms with E-state index in [1.807, 2.05) is 0 Å². The van der Waals surface area contributed by atoms with E-state index < -0.39 is 17.6 Å². The zero-order chi connectivity index (χ0) is 19.6. The van der Waals surface area contributed by atoms with Gasteiger partial charge in [0.25, 0.3) is 5.91 Å². The average molecular weight is 380 g/mol. The molecular formula is C18H19F3N4O2. The van der Waals surface area contributed by atoms with Crippen molar-refractivity contribution in [2.75, 3.05) is 6.54 Å². The number of nitrogens with zero attached hydrogens (tertiary/aromatic N) is 3. The van der Waals surface area contributed by atoms with Gasteiger partial charge < -0.3 is 10.2 Å². The van der Waals surface area contributed by atoms with Crippen LogP contribution in [0.15, 0.2) is 30.3 Å². The van der Waals surface area contributed by atoms with E-state index in [9.17, 15) is 22.8 Å². The molecule has 3 rings (SSSR count). The largest absolute Gasteiger partial charge is 0.416 e. The second-order valence-corrected chi connectivity index (χ2v) is 6.41. The van der Waals surface area contributed by atoms with Crippen LogP contribution < -0.4 is 5.32 Å². The molecule has 0 fully saturated rings. The Kier molecular flexibility index (Phi) is 5.20. The Morgan fingerprint density at radius 2 is 2.00 bits per heavy atom. The minimum absolute atomic E-state index is 0.0101. The van der Waals surface area contributed by atoms with Crippen LogP contribution in [0.3, 0.4) is 0 Å². The fraction of sp³-hybridized carbons (Fsp3) is 0.389. The SMILES string of the molecule is CC(=O)N1CCCn2nc(CNC(=O)c3cccc(C(F)(F)F)c3)cc2C1. The van der Waals surface area contributed by atoms with Crippen molar-refractivity contribution in [1.82, 2.24) is 20.0 Å². The summed E-state index contributed by atoms with van der Waals surface area (Å²) in [4.78, 5) is 25.5. The van der Waals surface area contributed by atoms with Gasteiger partial charge in [-0.2, -0.15) is 18.3 Å². The van der Waals surface area contributed by atoms with Crippen LogP contribution in [0.1, 0.15) is 40.7 Å². The standard InChI is InChI=1S/C18H19F3N4O2/c1-12(26)24-6-3-7-25-16(11-24)9-15(23-25)10-22-17(27)13-4-2-5-14(8-13)18(19,20)21/h2,4-5,8-9H,3,6-7,10-11H2,1H3,(H,22,27). The highest BCUT2D eigenvalue weighted by atomic mass is 19.4. The molecule has 2 amide bonds. The number of benzene rings is 1. The number of halogens is 3. The van der Waals surface area contributed by atoms with Gasteiger partial charge in [-0.3, -0.25) is 14.3 Å². The summed E-state index contributed by atoms with van der Waals surface area (Å²) in [7, 11) is 0. The maximum absolute atomic E-state index is 12.8. The van der Waals surface area contributed by atoms with Gasteiger partial charge in [-0.1, -0.05) is 6.07 Å². The van der Waals surface area contributed by atoms with Crippen molar-refractivity contribution in [2.24, 2.45) is 0 Å². The number of carbonyl (C=O) groups excluding carboxylic acids is 2. The summed E-state index contributed by atoms with van der Waals surface area (Å²) in [5.41, 5.74) is 0.531. The van der Waals surface area contributed by atoms with Crippen LogP contribution in [-0.4, -0.2) is 33.0 Å². The number of amides is 2. The predicted molar refractivity (Wildman–Crippen MR) is 90.5 cm³/mol. The monoisotopic (exact) mass is 380 g/mol. The van der Waals surface area contributed by atoms with E-state index in [2.05, 4.69) is 10.4 Å². The number of fused-ring (bicyclic) bond motifs is 1. The van der Waals surface area contributed by atoms with Gasteiger partial charge in [-0.25, -0.2) is 0 Å². The Balaban J connectivity index is 1.67. The van der Waals surface area contributed by atoms with Crippen molar-refractivity contribution in [3.63, 3.8) is 0 Å². The highest BCUT2D eigenvalue weighted by Gasteiger charge is 2.30. The predicted octanol–water partition coefficient (Wildman–Crippen LogP) is 2.58. The fourth-order valence-corrected chi connectivity index (χ4v) is 2.99. The first-order valence-electron chi connectivity index (χ1n) is 8.50. The highest BCUT2D eigenvalue weighted by molar-refractivity contribution is 5.94. The molecule has 2 aromatic rings. The lowest BCUT2D eigenvalue weighted by molar-refractivity contribution is -0.137. The second kappa shape index (κ2) is 7.42. The van der Waals surface area contributed by atoms with Gasteiger partial charge in [0.1, 0.15) is 0 Å². The summed E-state index contributed by atoms with van der Waals surface area (Å²) in [5, 5.41) is 7.00. The topological polar surface area (TPSA) is 67.2 Å². The van der Waals surface area contributed by atoms with Crippen LogP contribution >= 0.6 is 0 Å². The molecule has 0 atom stereocenters. The highest BCUT2D eigenvalue weighted by Crippen LogP contribution is 2.29. The molecule has 6 nitrogen and oxygen atoms in total. The van der Waals surface area contributed by atoms with Crippen molar-refractivity contribution in [3.8, 4) is 0 Å². The Morgan fingerprint density at radius 1 is 1.22 bits per heavy atom. The second-order valence-electron chi connectivity index (χ2n) is 6.41. The molecule has 0 unspecified atom stereocenters. The van der Waals surface area contributed by atoms with E-state index in [0.717, 1.165) is 24.2 Å². The molecule has 0 aliphatic carbocycles. The molecule has 0 radical (unpaired) electrons. The minimum atomic E-state index is -4.50. The molecule has 27 heavy (non-hydrogen) atoms. The maximum Gasteiger partial charge on any atom is 0.416 e. The number of alkyl halides is 3. The molecule has 2 heterocycles. The molecule has 9 heteroatoms. The Morgan fingerprint density at radius 3 is 2.70 bits per heavy atom. The summed E-state index contributed by atoms with van der Waals surface area (Å²) in [6.45, 7) is 3.39. The molecule has 0 saturated carbocycles. The van der Waals surface area contributed by atoms with E-state index in [1.165, 1.54) is 19.1 Å². The first kappa shape index (κ1) is 18.9. The van der Waals surface area contributed by atoms with Gasteiger partial charge >= 0.3 is 6.18 Å². The lowest BCUT2D eigenvalue weighted by Crippen LogP contribution is -2.28. The van der Waals surface area contributed by atoms with Crippen LogP contribution in [0.25, 0.3) is 0 Å². The molecule has 0 saturated heterocycles. The molecule has 0 bridgehead atoms. The van der Waals surface area contributed by atoms with Crippen molar-refractivity contribution in [1.29, 1.82) is 0 Å². The molecule has 1 aromatic carbocycles. The van der Waals surface area contributed by atoms with Crippen LogP contribution in [0, 0.1) is 0 Å². The number of rotatable bonds is 3. The van der Waals surface area contributed by atoms with Crippen LogP contribution in [0.4, 0.5) is 13.2 Å². The number of carbonyl (C=O) groups is 2. The van der Waals surface area contributed by atoms with Crippen molar-refractivity contribution in [3.05, 3.63) is 52.8 Å². The van der Waals surface area contributed by atoms with E-state index in [4.69, 9.17) is 0 Å². The Labute approximate surface area is 154 Å². The van der Waals surface area contributed by atoms with E-state index in [-0.39, 0.29) is 18.0 Å². The van der Waals surface area contributed by atoms with Gasteiger partial charge in [0.05, 0.1) is 30.0 Å². The van der Waals surface area contributed by atoms with Gasteiger partial charge in [0.15, 0.2) is 0 Å². The summed E-state index contributed by atoms with van der Waals surface area (Å²) >= 11 is 0. The number of aryl methyl sites for hydroxylation is 1. The Bertz CT molecular complexity index is 861. The van der Waals surface area contributed by atoms with E-state index in [1.54, 1.807) is 15.6 Å². The lowest BCUT2D eigenvalue weighted by Gasteiger charge is -2.17. The molecule has 144 valence electrons. The molecule has 1 aliphatic rings. The zero-order valence-corrected chi connectivity index (χ0v) is 14.7. The van der Waals surface area contributed by atoms with Gasteiger partial charge in [-0.05, 0) is 30.7 Å². The van der Waals surface area contributed by atoms with E-state index >= 15 is 0 Å². The molecule has 1 aliphatic heterocycles. The quantitative estimate of drug-likeness (QED) is 0.890. The van der Waals surface area contributed by atoms with Gasteiger partial charge in [0.2, 0.25) is 5.91 Å². The summed E-state index contributed by atoms with van der Waals surface area (Å²) in [5.74, 6) is -0.612. The number of aromatic nitrogens is 2. The molecule has 1 aromatic heterocycles. The van der Waals surface area contributed by atoms with Crippen LogP contribution in [0.5, 0.6) is 0 Å². The minimum Gasteiger partial charge on any atom is -0.346 e. The van der Waals surface area contributed by atoms with Gasteiger partial charge in [-0.15, -0.1) is 0 Å². The van der Waals surface area contributed by atoms with Crippen molar-refractivity contribution >= 4 is 11.8 Å². The third-order valence-electron chi connectivity index (χ3n) is 4.39. The van der Waals surface area contributed by atoms with E-state index in [0.29, 0.717) is 25.3 Å². The van der Waals surface area contributed by atoms with Gasteiger partial charge in [0, 0.05) is 25.6 Å². The maximum atomic E-state index is 12.8. The summed E-state index contributed by atoms with van der Waals surface area (Å²) in [6.07, 6.45) is -3.72. The van der Waals surface area contributed by atoms with Crippen molar-refractivity contribution in [2.45, 2.75) is 39.2 Å². The van der Waals surface area contributed by atoms with Crippen LogP contribution in [0.2, 0.25) is 0 Å². The normalized spacial score (nSPS) is 14.4. The zero-order valence-electron chi connectivity index (χ0n) is 14.7. The fourth-order valence-electron chi connectivity index (χ4n) is 2.99. The molecule has 0 spiro atoms. The number of hydrogen-bond acceptors (Lipinski definition) is 3. The third-order valence-corrected chi connectivity index (χ3v) is 4.39. The Hall–Kier alpha value is -2.84. The lowest BCUT2D eigenvalue weighted by atomic mass is 10.1. The smallest absolute Gasteiger partial charge is 0.346 e. The van der Waals surface area contributed by atoms with Crippen molar-refractivity contribution < 1.29 is 22.8 Å².